The topological polar surface area (TPSA) is 66.9 Å². The summed E-state index contributed by atoms with van der Waals surface area (Å²) in [4.78, 5) is 16.3. The summed E-state index contributed by atoms with van der Waals surface area (Å²) in [6.45, 7) is 0. The molecule has 3 rings (SSSR count). The van der Waals surface area contributed by atoms with Gasteiger partial charge in [0.1, 0.15) is 10.8 Å². The molecule has 0 aliphatic heterocycles. The van der Waals surface area contributed by atoms with Crippen molar-refractivity contribution >= 4 is 27.3 Å². The Balaban J connectivity index is 2.04. The standard InChI is InChI=1S/C14H7FN2O2S/c15-8-3-4-12-10(6-8)17-14(20-12)9(7-16)13(18)11-2-1-5-19-11/h1-6,9H. The van der Waals surface area contributed by atoms with Crippen molar-refractivity contribution in [3.63, 3.8) is 0 Å². The van der Waals surface area contributed by atoms with Crippen LogP contribution in [0.4, 0.5) is 4.39 Å². The summed E-state index contributed by atoms with van der Waals surface area (Å²) in [5.74, 6) is -1.78. The van der Waals surface area contributed by atoms with Gasteiger partial charge in [0.25, 0.3) is 0 Å². The first kappa shape index (κ1) is 12.5. The number of rotatable bonds is 3. The fourth-order valence-corrected chi connectivity index (χ4v) is 2.82. The number of carbonyl (C=O) groups excluding carboxylic acids is 1. The van der Waals surface area contributed by atoms with Crippen LogP contribution in [-0.2, 0) is 0 Å². The fourth-order valence-electron chi connectivity index (χ4n) is 1.83. The van der Waals surface area contributed by atoms with E-state index in [0.29, 0.717) is 10.5 Å². The average molecular weight is 286 g/mol. The van der Waals surface area contributed by atoms with Crippen LogP contribution in [0.2, 0.25) is 0 Å². The van der Waals surface area contributed by atoms with Crippen molar-refractivity contribution in [2.75, 3.05) is 0 Å². The van der Waals surface area contributed by atoms with Crippen molar-refractivity contribution in [3.8, 4) is 6.07 Å². The van der Waals surface area contributed by atoms with Gasteiger partial charge >= 0.3 is 0 Å². The van der Waals surface area contributed by atoms with Crippen LogP contribution in [0, 0.1) is 17.1 Å². The number of nitriles is 1. The lowest BCUT2D eigenvalue weighted by Gasteiger charge is -2.01. The number of fused-ring (bicyclic) bond motifs is 1. The lowest BCUT2D eigenvalue weighted by molar-refractivity contribution is 0.0952. The summed E-state index contributed by atoms with van der Waals surface area (Å²) < 4.78 is 18.9. The largest absolute Gasteiger partial charge is 0.461 e. The van der Waals surface area contributed by atoms with Crippen LogP contribution in [0.15, 0.2) is 41.0 Å². The van der Waals surface area contributed by atoms with Crippen molar-refractivity contribution in [1.82, 2.24) is 4.98 Å². The van der Waals surface area contributed by atoms with Crippen LogP contribution in [-0.4, -0.2) is 10.8 Å². The van der Waals surface area contributed by atoms with Gasteiger partial charge in [-0.1, -0.05) is 0 Å². The third kappa shape index (κ3) is 2.08. The quantitative estimate of drug-likeness (QED) is 0.691. The molecule has 20 heavy (non-hydrogen) atoms. The van der Waals surface area contributed by atoms with Gasteiger partial charge in [0, 0.05) is 6.07 Å². The molecular weight excluding hydrogens is 279 g/mol. The lowest BCUT2D eigenvalue weighted by Crippen LogP contribution is -2.10. The highest BCUT2D eigenvalue weighted by Gasteiger charge is 2.27. The Morgan fingerprint density at radius 2 is 2.30 bits per heavy atom. The van der Waals surface area contributed by atoms with Gasteiger partial charge in [-0.15, -0.1) is 11.3 Å². The summed E-state index contributed by atoms with van der Waals surface area (Å²) in [6.07, 6.45) is 1.37. The number of hydrogen-bond donors (Lipinski definition) is 0. The monoisotopic (exact) mass is 286 g/mol. The minimum atomic E-state index is -1.04. The molecule has 1 unspecified atom stereocenters. The summed E-state index contributed by atoms with van der Waals surface area (Å²) in [7, 11) is 0. The third-order valence-corrected chi connectivity index (χ3v) is 3.87. The highest BCUT2D eigenvalue weighted by atomic mass is 32.1. The summed E-state index contributed by atoms with van der Waals surface area (Å²) in [5.41, 5.74) is 0.442. The summed E-state index contributed by atoms with van der Waals surface area (Å²) in [6, 6.07) is 9.18. The number of carbonyl (C=O) groups is 1. The molecule has 0 aliphatic rings. The molecule has 0 fully saturated rings. The Labute approximate surface area is 117 Å². The number of nitrogens with zero attached hydrogens (tertiary/aromatic N) is 2. The predicted molar refractivity (Wildman–Crippen MR) is 71.0 cm³/mol. The van der Waals surface area contributed by atoms with Crippen molar-refractivity contribution in [3.05, 3.63) is 53.2 Å². The van der Waals surface area contributed by atoms with Crippen molar-refractivity contribution in [2.45, 2.75) is 5.92 Å². The first-order valence-corrected chi connectivity index (χ1v) is 6.54. The fraction of sp³-hybridized carbons (Fsp3) is 0.0714. The number of hydrogen-bond acceptors (Lipinski definition) is 5. The number of furan rings is 1. The molecule has 6 heteroatoms. The van der Waals surface area contributed by atoms with Gasteiger partial charge < -0.3 is 4.42 Å². The molecule has 2 aromatic heterocycles. The Morgan fingerprint density at radius 3 is 3.00 bits per heavy atom. The third-order valence-electron chi connectivity index (χ3n) is 2.77. The summed E-state index contributed by atoms with van der Waals surface area (Å²) in [5, 5.41) is 9.55. The molecule has 3 aromatic rings. The van der Waals surface area contributed by atoms with Gasteiger partial charge in [0.2, 0.25) is 5.78 Å². The van der Waals surface area contributed by atoms with Gasteiger partial charge in [-0.2, -0.15) is 5.26 Å². The second-order valence-corrected chi connectivity index (χ2v) is 5.13. The molecule has 1 aromatic carbocycles. The maximum Gasteiger partial charge on any atom is 0.222 e. The van der Waals surface area contributed by atoms with Gasteiger partial charge in [0.05, 0.1) is 22.5 Å². The lowest BCUT2D eigenvalue weighted by atomic mass is 10.1. The zero-order valence-corrected chi connectivity index (χ0v) is 10.9. The molecule has 2 heterocycles. The van der Waals surface area contributed by atoms with Crippen LogP contribution in [0.1, 0.15) is 21.5 Å². The molecule has 1 atom stereocenters. The Bertz CT molecular complexity index is 817. The number of Topliss-reactive ketones (excluding diaryl/α,β-unsaturated/α-hetero) is 1. The minimum Gasteiger partial charge on any atom is -0.461 e. The van der Waals surface area contributed by atoms with E-state index in [4.69, 9.17) is 4.42 Å². The van der Waals surface area contributed by atoms with E-state index < -0.39 is 17.5 Å². The molecule has 0 amide bonds. The van der Waals surface area contributed by atoms with E-state index in [1.165, 1.54) is 35.8 Å². The van der Waals surface area contributed by atoms with E-state index in [0.717, 1.165) is 4.70 Å². The first-order chi connectivity index (χ1) is 9.69. The Morgan fingerprint density at radius 1 is 1.45 bits per heavy atom. The van der Waals surface area contributed by atoms with E-state index in [-0.39, 0.29) is 5.76 Å². The average Bonchev–Trinajstić information content (AvgIpc) is 3.07. The molecule has 0 bridgehead atoms. The Kier molecular flexibility index (Phi) is 3.05. The first-order valence-electron chi connectivity index (χ1n) is 5.72. The molecule has 98 valence electrons. The molecule has 4 nitrogen and oxygen atoms in total. The van der Waals surface area contributed by atoms with Crippen LogP contribution in [0.3, 0.4) is 0 Å². The number of ketones is 1. The predicted octanol–water partition coefficient (Wildman–Crippen LogP) is 3.52. The summed E-state index contributed by atoms with van der Waals surface area (Å²) >= 11 is 1.20. The van der Waals surface area contributed by atoms with Crippen molar-refractivity contribution in [1.29, 1.82) is 5.26 Å². The molecule has 0 spiro atoms. The number of benzene rings is 1. The number of halogens is 1. The highest BCUT2D eigenvalue weighted by molar-refractivity contribution is 7.18. The number of aromatic nitrogens is 1. The molecular formula is C14H7FN2O2S. The normalized spacial score (nSPS) is 12.2. The van der Waals surface area contributed by atoms with Gasteiger partial charge in [-0.25, -0.2) is 9.37 Å². The second kappa shape index (κ2) is 4.87. The second-order valence-electron chi connectivity index (χ2n) is 4.07. The maximum atomic E-state index is 13.1. The van der Waals surface area contributed by atoms with E-state index >= 15 is 0 Å². The zero-order chi connectivity index (χ0) is 14.1. The molecule has 0 radical (unpaired) electrons. The molecule has 0 aliphatic carbocycles. The van der Waals surface area contributed by atoms with E-state index in [2.05, 4.69) is 4.98 Å². The highest BCUT2D eigenvalue weighted by Crippen LogP contribution is 2.29. The van der Waals surface area contributed by atoms with Crippen molar-refractivity contribution < 1.29 is 13.6 Å². The maximum absolute atomic E-state index is 13.1. The Hall–Kier alpha value is -2.52. The number of thiazole rings is 1. The smallest absolute Gasteiger partial charge is 0.222 e. The SMILES string of the molecule is N#CC(C(=O)c1ccco1)c1nc2cc(F)ccc2s1. The minimum absolute atomic E-state index is 0.113. The van der Waals surface area contributed by atoms with Crippen LogP contribution in [0.25, 0.3) is 10.2 Å². The van der Waals surface area contributed by atoms with E-state index in [1.807, 2.05) is 6.07 Å². The van der Waals surface area contributed by atoms with Crippen molar-refractivity contribution in [2.24, 2.45) is 0 Å². The van der Waals surface area contributed by atoms with Crippen LogP contribution < -0.4 is 0 Å². The van der Waals surface area contributed by atoms with E-state index in [1.54, 1.807) is 12.1 Å². The van der Waals surface area contributed by atoms with Crippen LogP contribution >= 0.6 is 11.3 Å². The van der Waals surface area contributed by atoms with Gasteiger partial charge in [-0.05, 0) is 24.3 Å². The van der Waals surface area contributed by atoms with Crippen LogP contribution in [0.5, 0.6) is 0 Å². The molecule has 0 saturated carbocycles. The zero-order valence-electron chi connectivity index (χ0n) is 10.0. The van der Waals surface area contributed by atoms with Gasteiger partial charge in [-0.3, -0.25) is 4.79 Å². The van der Waals surface area contributed by atoms with Gasteiger partial charge in [0.15, 0.2) is 11.7 Å². The molecule has 0 saturated heterocycles. The van der Waals surface area contributed by atoms with E-state index in [9.17, 15) is 14.4 Å². The molecule has 0 N–H and O–H groups in total.